The van der Waals surface area contributed by atoms with Crippen molar-refractivity contribution in [3.63, 3.8) is 0 Å². The van der Waals surface area contributed by atoms with Crippen LogP contribution in [-0.2, 0) is 28.0 Å². The Bertz CT molecular complexity index is 839. The molecule has 0 bridgehead atoms. The average molecular weight is 413 g/mol. The number of rotatable bonds is 8. The Labute approximate surface area is 179 Å². The first-order chi connectivity index (χ1) is 14.2. The Balaban J connectivity index is 2.14. The highest BCUT2D eigenvalue weighted by atomic mass is 19.1. The molecular formula is C25H33FN2O2. The highest BCUT2D eigenvalue weighted by Gasteiger charge is 2.27. The van der Waals surface area contributed by atoms with E-state index in [1.165, 1.54) is 17.7 Å². The smallest absolute Gasteiger partial charge is 0.242 e. The summed E-state index contributed by atoms with van der Waals surface area (Å²) in [6, 6.07) is 13.8. The second-order valence-corrected chi connectivity index (χ2v) is 8.63. The van der Waals surface area contributed by atoms with Crippen molar-refractivity contribution in [2.75, 3.05) is 7.05 Å². The van der Waals surface area contributed by atoms with Gasteiger partial charge in [0, 0.05) is 20.0 Å². The summed E-state index contributed by atoms with van der Waals surface area (Å²) in [6.07, 6.45) is 1.42. The Morgan fingerprint density at radius 1 is 1.00 bits per heavy atom. The summed E-state index contributed by atoms with van der Waals surface area (Å²) in [5.41, 5.74) is 3.22. The number of carbonyl (C=O) groups is 2. The van der Waals surface area contributed by atoms with Crippen LogP contribution in [0.5, 0.6) is 0 Å². The van der Waals surface area contributed by atoms with Gasteiger partial charge in [-0.05, 0) is 47.1 Å². The first kappa shape index (κ1) is 23.6. The summed E-state index contributed by atoms with van der Waals surface area (Å²) in [5, 5.41) is 2.65. The van der Waals surface area contributed by atoms with Gasteiger partial charge in [-0.3, -0.25) is 9.59 Å². The van der Waals surface area contributed by atoms with E-state index in [1.807, 2.05) is 6.92 Å². The number of amides is 2. The maximum Gasteiger partial charge on any atom is 0.242 e. The number of aryl methyl sites for hydroxylation is 1. The standard InChI is InChI=1S/C25H33FN2O2/c1-6-22(24(30)27-5)28(17-19-9-14-21(26)15-10-19)23(29)16-11-18-7-12-20(13-8-18)25(2,3)4/h7-10,12-15,22H,6,11,16-17H2,1-5H3,(H,27,30)/t22-/m1/s1. The number of likely N-dealkylation sites (N-methyl/N-ethyl adjacent to an activating group) is 1. The molecule has 0 saturated heterocycles. The van der Waals surface area contributed by atoms with Crippen LogP contribution >= 0.6 is 0 Å². The van der Waals surface area contributed by atoms with E-state index in [2.05, 4.69) is 50.4 Å². The molecule has 0 aliphatic rings. The second-order valence-electron chi connectivity index (χ2n) is 8.63. The number of carbonyl (C=O) groups excluding carboxylic acids is 2. The number of nitrogens with zero attached hydrogens (tertiary/aromatic N) is 1. The molecule has 0 unspecified atom stereocenters. The van der Waals surface area contributed by atoms with Gasteiger partial charge in [0.25, 0.3) is 0 Å². The third-order valence-electron chi connectivity index (χ3n) is 5.35. The van der Waals surface area contributed by atoms with Crippen LogP contribution in [0.2, 0.25) is 0 Å². The highest BCUT2D eigenvalue weighted by Crippen LogP contribution is 2.23. The van der Waals surface area contributed by atoms with Crippen LogP contribution in [0.25, 0.3) is 0 Å². The Kier molecular flexibility index (Phi) is 8.16. The second kappa shape index (κ2) is 10.4. The zero-order valence-corrected chi connectivity index (χ0v) is 18.7. The van der Waals surface area contributed by atoms with Crippen LogP contribution in [-0.4, -0.2) is 29.8 Å². The molecule has 0 aliphatic heterocycles. The molecule has 0 radical (unpaired) electrons. The Morgan fingerprint density at radius 2 is 1.57 bits per heavy atom. The normalized spacial score (nSPS) is 12.3. The quantitative estimate of drug-likeness (QED) is 0.688. The van der Waals surface area contributed by atoms with Gasteiger partial charge in [0.1, 0.15) is 11.9 Å². The van der Waals surface area contributed by atoms with Crippen LogP contribution < -0.4 is 5.32 Å². The van der Waals surface area contributed by atoms with Crippen molar-refractivity contribution in [1.82, 2.24) is 10.2 Å². The lowest BCUT2D eigenvalue weighted by atomic mass is 9.86. The predicted molar refractivity (Wildman–Crippen MR) is 119 cm³/mol. The maximum atomic E-state index is 13.3. The summed E-state index contributed by atoms with van der Waals surface area (Å²) in [5.74, 6) is -0.606. The van der Waals surface area contributed by atoms with E-state index < -0.39 is 6.04 Å². The van der Waals surface area contributed by atoms with Gasteiger partial charge in [0.15, 0.2) is 0 Å². The van der Waals surface area contributed by atoms with E-state index >= 15 is 0 Å². The molecule has 0 saturated carbocycles. The zero-order valence-electron chi connectivity index (χ0n) is 18.7. The number of hydrogen-bond acceptors (Lipinski definition) is 2. The molecule has 162 valence electrons. The summed E-state index contributed by atoms with van der Waals surface area (Å²) in [7, 11) is 1.57. The lowest BCUT2D eigenvalue weighted by Gasteiger charge is -2.30. The Hall–Kier alpha value is -2.69. The van der Waals surface area contributed by atoms with Crippen LogP contribution in [0, 0.1) is 5.82 Å². The highest BCUT2D eigenvalue weighted by molar-refractivity contribution is 5.87. The SMILES string of the molecule is CC[C@H](C(=O)NC)N(Cc1ccc(F)cc1)C(=O)CCc1ccc(C(C)(C)C)cc1. The first-order valence-electron chi connectivity index (χ1n) is 10.5. The van der Waals surface area contributed by atoms with E-state index in [-0.39, 0.29) is 29.6 Å². The monoisotopic (exact) mass is 412 g/mol. The van der Waals surface area contributed by atoms with Crippen molar-refractivity contribution >= 4 is 11.8 Å². The van der Waals surface area contributed by atoms with Crippen molar-refractivity contribution in [2.24, 2.45) is 0 Å². The number of nitrogens with one attached hydrogen (secondary N) is 1. The van der Waals surface area contributed by atoms with Gasteiger partial charge in [-0.25, -0.2) is 4.39 Å². The van der Waals surface area contributed by atoms with E-state index in [4.69, 9.17) is 0 Å². The van der Waals surface area contributed by atoms with Gasteiger partial charge in [-0.2, -0.15) is 0 Å². The van der Waals surface area contributed by atoms with Crippen molar-refractivity contribution in [3.8, 4) is 0 Å². The lowest BCUT2D eigenvalue weighted by molar-refractivity contribution is -0.141. The molecule has 2 rings (SSSR count). The summed E-state index contributed by atoms with van der Waals surface area (Å²) >= 11 is 0. The van der Waals surface area contributed by atoms with Crippen molar-refractivity contribution in [3.05, 3.63) is 71.0 Å². The molecule has 2 aromatic rings. The van der Waals surface area contributed by atoms with Gasteiger partial charge in [0.2, 0.25) is 11.8 Å². The van der Waals surface area contributed by atoms with Crippen LogP contribution in [0.3, 0.4) is 0 Å². The minimum Gasteiger partial charge on any atom is -0.357 e. The molecule has 0 aliphatic carbocycles. The molecular weight excluding hydrogens is 379 g/mol. The fourth-order valence-electron chi connectivity index (χ4n) is 3.44. The van der Waals surface area contributed by atoms with Gasteiger partial charge in [-0.15, -0.1) is 0 Å². The first-order valence-corrected chi connectivity index (χ1v) is 10.5. The van der Waals surface area contributed by atoms with E-state index in [1.54, 1.807) is 24.1 Å². The largest absolute Gasteiger partial charge is 0.357 e. The van der Waals surface area contributed by atoms with E-state index in [0.717, 1.165) is 11.1 Å². The fourth-order valence-corrected chi connectivity index (χ4v) is 3.44. The topological polar surface area (TPSA) is 49.4 Å². The van der Waals surface area contributed by atoms with Crippen molar-refractivity contribution < 1.29 is 14.0 Å². The van der Waals surface area contributed by atoms with Crippen LogP contribution in [0.4, 0.5) is 4.39 Å². The molecule has 0 fully saturated rings. The summed E-state index contributed by atoms with van der Waals surface area (Å²) in [6.45, 7) is 8.66. The number of halogens is 1. The summed E-state index contributed by atoms with van der Waals surface area (Å²) in [4.78, 5) is 27.1. The summed E-state index contributed by atoms with van der Waals surface area (Å²) < 4.78 is 13.3. The lowest BCUT2D eigenvalue weighted by Crippen LogP contribution is -2.48. The van der Waals surface area contributed by atoms with Gasteiger partial charge < -0.3 is 10.2 Å². The Morgan fingerprint density at radius 3 is 2.07 bits per heavy atom. The number of hydrogen-bond donors (Lipinski definition) is 1. The number of benzene rings is 2. The zero-order chi connectivity index (χ0) is 22.3. The molecule has 1 atom stereocenters. The molecule has 2 aromatic carbocycles. The van der Waals surface area contributed by atoms with Crippen LogP contribution in [0.15, 0.2) is 48.5 Å². The van der Waals surface area contributed by atoms with Crippen molar-refractivity contribution in [1.29, 1.82) is 0 Å². The van der Waals surface area contributed by atoms with E-state index in [0.29, 0.717) is 19.3 Å². The molecule has 2 amide bonds. The fraction of sp³-hybridized carbons (Fsp3) is 0.440. The van der Waals surface area contributed by atoms with Gasteiger partial charge in [-0.1, -0.05) is 64.1 Å². The molecule has 0 spiro atoms. The molecule has 0 aromatic heterocycles. The minimum absolute atomic E-state index is 0.0855. The molecule has 0 heterocycles. The molecule has 30 heavy (non-hydrogen) atoms. The van der Waals surface area contributed by atoms with Crippen molar-refractivity contribution in [2.45, 2.75) is 65.0 Å². The maximum absolute atomic E-state index is 13.3. The molecule has 4 nitrogen and oxygen atoms in total. The average Bonchev–Trinajstić information content (AvgIpc) is 2.72. The van der Waals surface area contributed by atoms with Crippen LogP contribution in [0.1, 0.15) is 57.2 Å². The third kappa shape index (κ3) is 6.41. The molecule has 5 heteroatoms. The minimum atomic E-state index is -0.559. The van der Waals surface area contributed by atoms with Gasteiger partial charge in [0.05, 0.1) is 0 Å². The van der Waals surface area contributed by atoms with Gasteiger partial charge >= 0.3 is 0 Å². The third-order valence-corrected chi connectivity index (χ3v) is 5.35. The molecule has 1 N–H and O–H groups in total. The predicted octanol–water partition coefficient (Wildman–Crippen LogP) is 4.61. The van der Waals surface area contributed by atoms with E-state index in [9.17, 15) is 14.0 Å².